The molecule has 0 bridgehead atoms. The van der Waals surface area contributed by atoms with Crippen LogP contribution in [0, 0.1) is 13.8 Å². The Kier molecular flexibility index (Phi) is 13.0. The number of methoxy groups -OCH3 is 2. The molecule has 2 amide bonds. The fourth-order valence-corrected chi connectivity index (χ4v) is 5.99. The number of rotatable bonds is 12. The highest BCUT2D eigenvalue weighted by molar-refractivity contribution is 8.76. The Balaban J connectivity index is 2.60. The molecule has 0 aliphatic rings. The van der Waals surface area contributed by atoms with Gasteiger partial charge < -0.3 is 24.7 Å². The number of hydrogen-bond donors (Lipinski definition) is 1. The lowest BCUT2D eigenvalue weighted by Crippen LogP contribution is -2.50. The van der Waals surface area contributed by atoms with Gasteiger partial charge in [-0.1, -0.05) is 33.7 Å². The maximum atomic E-state index is 14.1. The van der Waals surface area contributed by atoms with Crippen LogP contribution >= 0.6 is 21.6 Å². The predicted molar refractivity (Wildman–Crippen MR) is 156 cm³/mol. The number of carbonyl (C=O) groups excluding carboxylic acids is 6. The molecule has 0 fully saturated rings. The van der Waals surface area contributed by atoms with E-state index in [1.807, 2.05) is 0 Å². The molecule has 2 aromatic carbocycles. The highest BCUT2D eigenvalue weighted by Gasteiger charge is 2.38. The minimum Gasteiger partial charge on any atom is -0.468 e. The van der Waals surface area contributed by atoms with Crippen molar-refractivity contribution in [3.8, 4) is 11.5 Å². The van der Waals surface area contributed by atoms with Crippen LogP contribution in [0.25, 0.3) is 0 Å². The van der Waals surface area contributed by atoms with Gasteiger partial charge in [0.25, 0.3) is 11.8 Å². The normalized spacial score (nSPS) is 12.0. The Bertz CT molecular complexity index is 1290. The number of nitrogens with zero attached hydrogens (tertiary/aromatic N) is 1. The molecule has 2 atom stereocenters. The maximum Gasteiger partial charge on any atom is 0.330 e. The monoisotopic (exact) mass is 620 g/mol. The SMILES string of the molecule is COC(=O)C(N)CSSCC(C(=O)OC)N(C(=O)c1cccc(OC(C)=O)c1C)C(=O)c1cccc(OC(C)=O)c1C. The summed E-state index contributed by atoms with van der Waals surface area (Å²) in [7, 11) is 4.55. The second-order valence-electron chi connectivity index (χ2n) is 8.76. The molecule has 0 aliphatic heterocycles. The summed E-state index contributed by atoms with van der Waals surface area (Å²) < 4.78 is 20.0. The highest BCUT2D eigenvalue weighted by atomic mass is 33.1. The Labute approximate surface area is 250 Å². The van der Waals surface area contributed by atoms with Crippen molar-refractivity contribution in [3.63, 3.8) is 0 Å². The molecule has 0 aromatic heterocycles. The van der Waals surface area contributed by atoms with Crippen molar-refractivity contribution in [1.82, 2.24) is 4.90 Å². The number of hydrogen-bond acceptors (Lipinski definition) is 13. The van der Waals surface area contributed by atoms with Crippen LogP contribution in [0.15, 0.2) is 36.4 Å². The maximum absolute atomic E-state index is 14.1. The van der Waals surface area contributed by atoms with Crippen molar-refractivity contribution in [2.45, 2.75) is 39.8 Å². The quantitative estimate of drug-likeness (QED) is 0.121. The van der Waals surface area contributed by atoms with Crippen LogP contribution in [0.1, 0.15) is 45.7 Å². The zero-order valence-corrected chi connectivity index (χ0v) is 25.6. The lowest BCUT2D eigenvalue weighted by Gasteiger charge is -2.29. The molecule has 0 aliphatic carbocycles. The number of carbonyl (C=O) groups is 6. The smallest absolute Gasteiger partial charge is 0.330 e. The third kappa shape index (κ3) is 8.81. The van der Waals surface area contributed by atoms with Gasteiger partial charge in [0.2, 0.25) is 0 Å². The van der Waals surface area contributed by atoms with Crippen molar-refractivity contribution in [2.24, 2.45) is 5.73 Å². The van der Waals surface area contributed by atoms with Crippen molar-refractivity contribution >= 4 is 57.3 Å². The molecule has 226 valence electrons. The summed E-state index contributed by atoms with van der Waals surface area (Å²) in [4.78, 5) is 76.9. The number of esters is 4. The first kappa shape index (κ1) is 34.3. The molecule has 0 saturated carbocycles. The number of benzene rings is 2. The zero-order valence-electron chi connectivity index (χ0n) is 24.0. The number of imide groups is 1. The molecule has 14 heteroatoms. The zero-order chi connectivity index (χ0) is 31.6. The summed E-state index contributed by atoms with van der Waals surface area (Å²) in [6, 6.07) is 6.41. The second-order valence-corrected chi connectivity index (χ2v) is 11.3. The van der Waals surface area contributed by atoms with E-state index in [1.165, 1.54) is 71.2 Å². The van der Waals surface area contributed by atoms with Crippen LogP contribution in [-0.4, -0.2) is 78.4 Å². The molecular weight excluding hydrogens is 588 g/mol. The molecule has 0 heterocycles. The fraction of sp³-hybridized carbons (Fsp3) is 0.357. The standard InChI is InChI=1S/C28H32N2O10S2/c1-15-19(9-7-11-23(15)39-17(3)31)25(33)30(26(34)20-10-8-12-24(16(20)2)40-18(4)32)22(28(36)38-6)14-42-41-13-21(29)27(35)37-5/h7-12,21-22H,13-14,29H2,1-6H3. The Morgan fingerprint density at radius 3 is 1.57 bits per heavy atom. The molecule has 2 N–H and O–H groups in total. The largest absolute Gasteiger partial charge is 0.468 e. The van der Waals surface area contributed by atoms with Crippen LogP contribution in [0.3, 0.4) is 0 Å². The van der Waals surface area contributed by atoms with E-state index in [1.54, 1.807) is 0 Å². The number of ether oxygens (including phenoxy) is 4. The van der Waals surface area contributed by atoms with E-state index in [0.717, 1.165) is 33.6 Å². The van der Waals surface area contributed by atoms with Gasteiger partial charge in [0.15, 0.2) is 0 Å². The van der Waals surface area contributed by atoms with Gasteiger partial charge in [0, 0.05) is 47.6 Å². The van der Waals surface area contributed by atoms with E-state index in [2.05, 4.69) is 4.74 Å². The highest BCUT2D eigenvalue weighted by Crippen LogP contribution is 2.30. The molecule has 2 rings (SSSR count). The van der Waals surface area contributed by atoms with E-state index in [-0.39, 0.29) is 45.3 Å². The first-order valence-electron chi connectivity index (χ1n) is 12.4. The van der Waals surface area contributed by atoms with Gasteiger partial charge in [-0.2, -0.15) is 0 Å². The minimum atomic E-state index is -1.43. The third-order valence-corrected chi connectivity index (χ3v) is 8.25. The third-order valence-electron chi connectivity index (χ3n) is 5.82. The van der Waals surface area contributed by atoms with E-state index in [9.17, 15) is 28.8 Å². The average Bonchev–Trinajstić information content (AvgIpc) is 2.94. The van der Waals surface area contributed by atoms with Gasteiger partial charge in [-0.25, -0.2) is 4.79 Å². The summed E-state index contributed by atoms with van der Waals surface area (Å²) in [5.41, 5.74) is 6.29. The van der Waals surface area contributed by atoms with Crippen molar-refractivity contribution in [3.05, 3.63) is 58.7 Å². The lowest BCUT2D eigenvalue weighted by molar-refractivity contribution is -0.144. The molecular formula is C28H32N2O10S2. The van der Waals surface area contributed by atoms with Gasteiger partial charge in [0.05, 0.1) is 14.2 Å². The summed E-state index contributed by atoms with van der Waals surface area (Å²) in [5, 5.41) is 0. The first-order chi connectivity index (χ1) is 19.8. The van der Waals surface area contributed by atoms with E-state index < -0.39 is 47.8 Å². The van der Waals surface area contributed by atoms with Gasteiger partial charge in [0.1, 0.15) is 23.6 Å². The van der Waals surface area contributed by atoms with Crippen LogP contribution < -0.4 is 15.2 Å². The van der Waals surface area contributed by atoms with Crippen LogP contribution in [0.4, 0.5) is 0 Å². The van der Waals surface area contributed by atoms with E-state index in [0.29, 0.717) is 0 Å². The first-order valence-corrected chi connectivity index (χ1v) is 14.9. The summed E-state index contributed by atoms with van der Waals surface area (Å²) >= 11 is 0. The van der Waals surface area contributed by atoms with E-state index in [4.69, 9.17) is 19.9 Å². The topological polar surface area (TPSA) is 169 Å². The fourth-order valence-electron chi connectivity index (χ4n) is 3.70. The summed E-state index contributed by atoms with van der Waals surface area (Å²) in [5.74, 6) is -4.26. The van der Waals surface area contributed by atoms with Crippen molar-refractivity contribution in [1.29, 1.82) is 0 Å². The van der Waals surface area contributed by atoms with Gasteiger partial charge in [-0.05, 0) is 38.1 Å². The molecule has 0 radical (unpaired) electrons. The molecule has 42 heavy (non-hydrogen) atoms. The van der Waals surface area contributed by atoms with Gasteiger partial charge >= 0.3 is 23.9 Å². The Morgan fingerprint density at radius 2 is 1.17 bits per heavy atom. The molecule has 0 spiro atoms. The number of amides is 2. The predicted octanol–water partition coefficient (Wildman–Crippen LogP) is 2.86. The van der Waals surface area contributed by atoms with Gasteiger partial charge in [-0.15, -0.1) is 0 Å². The van der Waals surface area contributed by atoms with Gasteiger partial charge in [-0.3, -0.25) is 28.9 Å². The van der Waals surface area contributed by atoms with Crippen LogP contribution in [0.5, 0.6) is 11.5 Å². The minimum absolute atomic E-state index is 0.00448. The average molecular weight is 621 g/mol. The molecule has 2 aromatic rings. The Hall–Kier alpha value is -3.88. The lowest BCUT2D eigenvalue weighted by atomic mass is 10.0. The van der Waals surface area contributed by atoms with Crippen LogP contribution in [-0.2, 0) is 28.7 Å². The van der Waals surface area contributed by atoms with Crippen molar-refractivity contribution in [2.75, 3.05) is 25.7 Å². The molecule has 12 nitrogen and oxygen atoms in total. The summed E-state index contributed by atoms with van der Waals surface area (Å²) in [6.07, 6.45) is 0. The Morgan fingerprint density at radius 1 is 0.738 bits per heavy atom. The summed E-state index contributed by atoms with van der Waals surface area (Å²) in [6.45, 7) is 5.48. The molecule has 0 saturated heterocycles. The van der Waals surface area contributed by atoms with Crippen LogP contribution in [0.2, 0.25) is 0 Å². The molecule has 2 unspecified atom stereocenters. The van der Waals surface area contributed by atoms with E-state index >= 15 is 0 Å². The number of nitrogens with two attached hydrogens (primary N) is 1. The second kappa shape index (κ2) is 15.9. The van der Waals surface area contributed by atoms with Crippen molar-refractivity contribution < 1.29 is 47.7 Å².